The normalized spacial score (nSPS) is 19.2. The van der Waals surface area contributed by atoms with E-state index < -0.39 is 12.0 Å². The minimum atomic E-state index is -0.806. The fourth-order valence-corrected chi connectivity index (χ4v) is 4.90. The summed E-state index contributed by atoms with van der Waals surface area (Å²) in [7, 11) is 0. The van der Waals surface area contributed by atoms with Crippen LogP contribution in [0.1, 0.15) is 52.1 Å². The molecule has 34 heavy (non-hydrogen) atoms. The van der Waals surface area contributed by atoms with Crippen LogP contribution in [0.2, 0.25) is 10.0 Å². The summed E-state index contributed by atoms with van der Waals surface area (Å²) in [5, 5.41) is 1.44. The molecule has 186 valence electrons. The number of rotatable bonds is 7. The van der Waals surface area contributed by atoms with E-state index in [1.165, 1.54) is 0 Å². The molecule has 1 saturated heterocycles. The molecule has 1 aliphatic heterocycles. The Morgan fingerprint density at radius 2 is 1.71 bits per heavy atom. The number of thioether (sulfide) groups is 1. The van der Waals surface area contributed by atoms with E-state index >= 15 is 0 Å². The SMILES string of the molecule is CCC(CSC(C)(C)C)N1C(=O)[C@H](CC(N)=O)OCC1c1ccc(Cl)cc1.Clc1ccccc1. The van der Waals surface area contributed by atoms with E-state index in [2.05, 4.69) is 27.7 Å². The van der Waals surface area contributed by atoms with Gasteiger partial charge in [-0.1, -0.05) is 81.2 Å². The lowest BCUT2D eigenvalue weighted by molar-refractivity contribution is -0.165. The number of benzene rings is 2. The number of hydrogen-bond donors (Lipinski definition) is 1. The van der Waals surface area contributed by atoms with Crippen molar-refractivity contribution >= 4 is 46.8 Å². The summed E-state index contributed by atoms with van der Waals surface area (Å²) in [6.07, 6.45) is -0.0759. The number of hydrogen-bond acceptors (Lipinski definition) is 4. The molecule has 1 aliphatic rings. The summed E-state index contributed by atoms with van der Waals surface area (Å²) in [6, 6.07) is 16.8. The van der Waals surface area contributed by atoms with Crippen LogP contribution in [-0.4, -0.2) is 46.0 Å². The Morgan fingerprint density at radius 3 is 2.18 bits per heavy atom. The lowest BCUT2D eigenvalue weighted by Crippen LogP contribution is -2.55. The van der Waals surface area contributed by atoms with Crippen molar-refractivity contribution in [1.82, 2.24) is 4.90 Å². The Bertz CT molecular complexity index is 920. The van der Waals surface area contributed by atoms with Crippen LogP contribution in [0.4, 0.5) is 0 Å². The maximum Gasteiger partial charge on any atom is 0.253 e. The van der Waals surface area contributed by atoms with Gasteiger partial charge in [-0.15, -0.1) is 0 Å². The second-order valence-corrected chi connectivity index (χ2v) is 11.8. The van der Waals surface area contributed by atoms with Crippen molar-refractivity contribution in [1.29, 1.82) is 0 Å². The van der Waals surface area contributed by atoms with Gasteiger partial charge in [0.05, 0.1) is 19.1 Å². The van der Waals surface area contributed by atoms with Gasteiger partial charge in [0.2, 0.25) is 5.91 Å². The lowest BCUT2D eigenvalue weighted by Gasteiger charge is -2.44. The van der Waals surface area contributed by atoms with Crippen LogP contribution in [0.5, 0.6) is 0 Å². The van der Waals surface area contributed by atoms with E-state index in [1.807, 2.05) is 71.3 Å². The zero-order valence-corrected chi connectivity index (χ0v) is 22.5. The van der Waals surface area contributed by atoms with E-state index in [-0.39, 0.29) is 29.2 Å². The number of nitrogens with zero attached hydrogens (tertiary/aromatic N) is 1. The molecule has 0 aliphatic carbocycles. The third kappa shape index (κ3) is 9.14. The van der Waals surface area contributed by atoms with E-state index in [9.17, 15) is 9.59 Å². The first-order chi connectivity index (χ1) is 16.0. The first-order valence-electron chi connectivity index (χ1n) is 11.3. The summed E-state index contributed by atoms with van der Waals surface area (Å²) in [6.45, 7) is 8.91. The maximum absolute atomic E-state index is 13.2. The Labute approximate surface area is 217 Å². The molecular formula is C26H34Cl2N2O3S. The van der Waals surface area contributed by atoms with E-state index in [1.54, 1.807) is 0 Å². The standard InChI is InChI=1S/C20H29ClN2O3S.C6H5Cl/c1-5-15(12-27-20(2,3)4)23-16(13-6-8-14(21)9-7-13)11-26-17(19(23)25)10-18(22)24;7-6-4-2-1-3-5-6/h6-9,15-17H,5,10-12H2,1-4H3,(H2,22,24);1-5H/t15?,16?,17-;/m0./s1. The Hall–Kier alpha value is -1.73. The van der Waals surface area contributed by atoms with Crippen molar-refractivity contribution in [2.75, 3.05) is 12.4 Å². The fourth-order valence-electron chi connectivity index (χ4n) is 3.54. The third-order valence-corrected chi connectivity index (χ3v) is 7.19. The number of ether oxygens (including phenoxy) is 1. The van der Waals surface area contributed by atoms with Gasteiger partial charge < -0.3 is 15.4 Å². The highest BCUT2D eigenvalue weighted by molar-refractivity contribution is 8.00. The smallest absolute Gasteiger partial charge is 0.253 e. The number of carbonyl (C=O) groups excluding carboxylic acids is 2. The van der Waals surface area contributed by atoms with Crippen molar-refractivity contribution in [2.45, 2.75) is 63.5 Å². The van der Waals surface area contributed by atoms with Gasteiger partial charge in [-0.05, 0) is 36.2 Å². The fraction of sp³-hybridized carbons (Fsp3) is 0.462. The molecule has 0 bridgehead atoms. The molecule has 2 amide bonds. The molecule has 0 radical (unpaired) electrons. The van der Waals surface area contributed by atoms with Crippen LogP contribution in [0.15, 0.2) is 54.6 Å². The summed E-state index contributed by atoms with van der Waals surface area (Å²) < 4.78 is 5.84. The molecule has 0 saturated carbocycles. The summed E-state index contributed by atoms with van der Waals surface area (Å²) in [5.41, 5.74) is 6.29. The van der Waals surface area contributed by atoms with Crippen LogP contribution >= 0.6 is 35.0 Å². The molecule has 2 N–H and O–H groups in total. The van der Waals surface area contributed by atoms with Gasteiger partial charge in [0.15, 0.2) is 0 Å². The number of carbonyl (C=O) groups is 2. The second-order valence-electron chi connectivity index (χ2n) is 9.09. The highest BCUT2D eigenvalue weighted by atomic mass is 35.5. The maximum atomic E-state index is 13.2. The van der Waals surface area contributed by atoms with Gasteiger partial charge in [0.1, 0.15) is 6.10 Å². The predicted molar refractivity (Wildman–Crippen MR) is 142 cm³/mol. The first kappa shape index (κ1) is 28.5. The molecule has 5 nitrogen and oxygen atoms in total. The summed E-state index contributed by atoms with van der Waals surface area (Å²) >= 11 is 13.4. The highest BCUT2D eigenvalue weighted by Crippen LogP contribution is 2.34. The molecule has 1 heterocycles. The zero-order valence-electron chi connectivity index (χ0n) is 20.2. The second kappa shape index (κ2) is 13.4. The van der Waals surface area contributed by atoms with E-state index in [4.69, 9.17) is 33.7 Å². The number of primary amides is 1. The van der Waals surface area contributed by atoms with Crippen molar-refractivity contribution in [3.05, 3.63) is 70.2 Å². The van der Waals surface area contributed by atoms with Gasteiger partial charge in [-0.3, -0.25) is 9.59 Å². The van der Waals surface area contributed by atoms with Gasteiger partial charge in [0, 0.05) is 26.6 Å². The van der Waals surface area contributed by atoms with Crippen LogP contribution in [0.25, 0.3) is 0 Å². The Kier molecular flexibility index (Phi) is 11.2. The molecule has 0 spiro atoms. The third-order valence-electron chi connectivity index (χ3n) is 5.27. The summed E-state index contributed by atoms with van der Waals surface area (Å²) in [5.74, 6) is 0.121. The van der Waals surface area contributed by atoms with Gasteiger partial charge in [-0.25, -0.2) is 0 Å². The predicted octanol–water partition coefficient (Wildman–Crippen LogP) is 6.13. The molecule has 2 unspecified atom stereocenters. The van der Waals surface area contributed by atoms with Crippen LogP contribution < -0.4 is 5.73 Å². The Morgan fingerprint density at radius 1 is 1.12 bits per heavy atom. The van der Waals surface area contributed by atoms with Crippen molar-refractivity contribution in [2.24, 2.45) is 5.73 Å². The molecule has 8 heteroatoms. The zero-order chi connectivity index (χ0) is 25.3. The van der Waals surface area contributed by atoms with Gasteiger partial charge in [0.25, 0.3) is 5.91 Å². The molecular weight excluding hydrogens is 491 g/mol. The average Bonchev–Trinajstić information content (AvgIpc) is 2.77. The Balaban J connectivity index is 0.000000497. The van der Waals surface area contributed by atoms with Crippen molar-refractivity contribution in [3.63, 3.8) is 0 Å². The molecule has 0 aromatic heterocycles. The molecule has 3 rings (SSSR count). The molecule has 2 aromatic carbocycles. The average molecular weight is 526 g/mol. The van der Waals surface area contributed by atoms with Crippen LogP contribution in [-0.2, 0) is 14.3 Å². The monoisotopic (exact) mass is 524 g/mol. The van der Waals surface area contributed by atoms with E-state index in [0.717, 1.165) is 22.8 Å². The lowest BCUT2D eigenvalue weighted by atomic mass is 9.99. The number of nitrogens with two attached hydrogens (primary N) is 1. The minimum absolute atomic E-state index is 0.0432. The molecule has 1 fully saturated rings. The van der Waals surface area contributed by atoms with Crippen molar-refractivity contribution < 1.29 is 14.3 Å². The van der Waals surface area contributed by atoms with Crippen LogP contribution in [0, 0.1) is 0 Å². The molecule has 3 atom stereocenters. The van der Waals surface area contributed by atoms with Crippen molar-refractivity contribution in [3.8, 4) is 0 Å². The van der Waals surface area contributed by atoms with E-state index in [0.29, 0.717) is 11.6 Å². The quantitative estimate of drug-likeness (QED) is 0.472. The first-order valence-corrected chi connectivity index (χ1v) is 13.1. The number of halogens is 2. The van der Waals surface area contributed by atoms with Gasteiger partial charge >= 0.3 is 0 Å². The highest BCUT2D eigenvalue weighted by Gasteiger charge is 2.41. The topological polar surface area (TPSA) is 72.6 Å². The van der Waals surface area contributed by atoms with Crippen LogP contribution in [0.3, 0.4) is 0 Å². The molecule has 2 aromatic rings. The minimum Gasteiger partial charge on any atom is -0.370 e. The number of amides is 2. The number of morpholine rings is 1. The largest absolute Gasteiger partial charge is 0.370 e. The summed E-state index contributed by atoms with van der Waals surface area (Å²) in [4.78, 5) is 26.5. The van der Waals surface area contributed by atoms with Gasteiger partial charge in [-0.2, -0.15) is 11.8 Å².